The molecule has 1 atom stereocenters. The van der Waals surface area contributed by atoms with Crippen molar-refractivity contribution < 1.29 is 9.15 Å². The van der Waals surface area contributed by atoms with Gasteiger partial charge in [-0.3, -0.25) is 14.8 Å². The lowest BCUT2D eigenvalue weighted by Crippen LogP contribution is -2.46. The van der Waals surface area contributed by atoms with Gasteiger partial charge in [0.05, 0.1) is 25.5 Å². The molecule has 0 aromatic carbocycles. The summed E-state index contributed by atoms with van der Waals surface area (Å²) in [5.41, 5.74) is 0. The quantitative estimate of drug-likeness (QED) is 0.564. The average Bonchev–Trinajstić information content (AvgIpc) is 3.36. The topological polar surface area (TPSA) is 65.3 Å². The minimum atomic E-state index is 0.260. The fourth-order valence-corrected chi connectivity index (χ4v) is 3.51. The van der Waals surface area contributed by atoms with Crippen LogP contribution in [0.5, 0.6) is 0 Å². The molecule has 2 aliphatic rings. The number of nitrogens with zero attached hydrogens (tertiary/aromatic N) is 3. The van der Waals surface area contributed by atoms with E-state index in [-0.39, 0.29) is 6.04 Å². The molecule has 25 heavy (non-hydrogen) atoms. The van der Waals surface area contributed by atoms with Gasteiger partial charge in [0, 0.05) is 39.8 Å². The van der Waals surface area contributed by atoms with Crippen LogP contribution in [0.1, 0.15) is 24.6 Å². The smallest absolute Gasteiger partial charge is 0.191 e. The number of likely N-dealkylation sites (tertiary alicyclic amines) is 1. The van der Waals surface area contributed by atoms with Gasteiger partial charge in [0.25, 0.3) is 0 Å². The zero-order chi connectivity index (χ0) is 17.3. The molecule has 3 rings (SSSR count). The Labute approximate surface area is 150 Å². The Morgan fingerprint density at radius 3 is 2.68 bits per heavy atom. The molecular formula is C18H31N5O2. The maximum Gasteiger partial charge on any atom is 0.191 e. The molecule has 1 aromatic rings. The Kier molecular flexibility index (Phi) is 7.14. The summed E-state index contributed by atoms with van der Waals surface area (Å²) in [5, 5.41) is 6.88. The minimum absolute atomic E-state index is 0.260. The zero-order valence-corrected chi connectivity index (χ0v) is 15.2. The van der Waals surface area contributed by atoms with Crippen molar-refractivity contribution in [2.45, 2.75) is 18.9 Å². The summed E-state index contributed by atoms with van der Waals surface area (Å²) in [6.07, 6.45) is 4.29. The fraction of sp³-hybridized carbons (Fsp3) is 0.722. The number of rotatable bonds is 7. The maximum atomic E-state index is 5.67. The standard InChI is InChI=1S/C18H31N5O2/c1-19-18(20-6-9-22-10-13-24-14-11-22)21-15-16(17-5-4-12-25-17)23-7-2-3-8-23/h4-5,12,16H,2-3,6-11,13-15H2,1H3,(H2,19,20,21). The number of morpholine rings is 1. The predicted octanol–water partition coefficient (Wildman–Crippen LogP) is 0.914. The van der Waals surface area contributed by atoms with Crippen LogP contribution in [0.2, 0.25) is 0 Å². The van der Waals surface area contributed by atoms with E-state index in [1.165, 1.54) is 12.8 Å². The number of hydrogen-bond acceptors (Lipinski definition) is 5. The van der Waals surface area contributed by atoms with Crippen LogP contribution >= 0.6 is 0 Å². The summed E-state index contributed by atoms with van der Waals surface area (Å²) in [5.74, 6) is 1.88. The van der Waals surface area contributed by atoms with Gasteiger partial charge in [0.15, 0.2) is 5.96 Å². The van der Waals surface area contributed by atoms with Gasteiger partial charge in [0.1, 0.15) is 5.76 Å². The Bertz CT molecular complexity index is 508. The van der Waals surface area contributed by atoms with Crippen LogP contribution in [0.15, 0.2) is 27.8 Å². The molecule has 7 heteroatoms. The van der Waals surface area contributed by atoms with Crippen LogP contribution in [0.25, 0.3) is 0 Å². The molecule has 0 spiro atoms. The molecule has 3 heterocycles. The minimum Gasteiger partial charge on any atom is -0.468 e. The fourth-order valence-electron chi connectivity index (χ4n) is 3.51. The van der Waals surface area contributed by atoms with Gasteiger partial charge in [-0.15, -0.1) is 0 Å². The normalized spacial score (nSPS) is 21.4. The van der Waals surface area contributed by atoms with E-state index in [2.05, 4.69) is 31.5 Å². The third-order valence-corrected chi connectivity index (χ3v) is 4.96. The zero-order valence-electron chi connectivity index (χ0n) is 15.2. The number of ether oxygens (including phenoxy) is 1. The summed E-state index contributed by atoms with van der Waals surface area (Å²) >= 11 is 0. The third-order valence-electron chi connectivity index (χ3n) is 4.96. The second-order valence-corrected chi connectivity index (χ2v) is 6.61. The number of guanidine groups is 1. The number of nitrogens with one attached hydrogen (secondary N) is 2. The van der Waals surface area contributed by atoms with Crippen molar-refractivity contribution in [2.24, 2.45) is 4.99 Å². The number of hydrogen-bond donors (Lipinski definition) is 2. The van der Waals surface area contributed by atoms with Crippen molar-refractivity contribution in [3.8, 4) is 0 Å². The highest BCUT2D eigenvalue weighted by molar-refractivity contribution is 5.79. The van der Waals surface area contributed by atoms with E-state index in [1.807, 2.05) is 13.1 Å². The molecule has 1 unspecified atom stereocenters. The van der Waals surface area contributed by atoms with Gasteiger partial charge < -0.3 is 19.8 Å². The monoisotopic (exact) mass is 349 g/mol. The number of aliphatic imine (C=N–C) groups is 1. The lowest BCUT2D eigenvalue weighted by Gasteiger charge is -2.28. The Morgan fingerprint density at radius 2 is 2.00 bits per heavy atom. The molecule has 7 nitrogen and oxygen atoms in total. The lowest BCUT2D eigenvalue weighted by atomic mass is 10.2. The van der Waals surface area contributed by atoms with E-state index in [1.54, 1.807) is 6.26 Å². The van der Waals surface area contributed by atoms with E-state index >= 15 is 0 Å². The Hall–Kier alpha value is -1.57. The van der Waals surface area contributed by atoms with E-state index in [4.69, 9.17) is 9.15 Å². The first-order chi connectivity index (χ1) is 12.4. The van der Waals surface area contributed by atoms with Crippen molar-refractivity contribution in [1.82, 2.24) is 20.4 Å². The highest BCUT2D eigenvalue weighted by Gasteiger charge is 2.25. The van der Waals surface area contributed by atoms with Crippen LogP contribution < -0.4 is 10.6 Å². The first-order valence-corrected chi connectivity index (χ1v) is 9.39. The van der Waals surface area contributed by atoms with Gasteiger partial charge in [-0.05, 0) is 38.1 Å². The van der Waals surface area contributed by atoms with Crippen molar-refractivity contribution in [2.75, 3.05) is 66.1 Å². The van der Waals surface area contributed by atoms with Crippen molar-refractivity contribution >= 4 is 5.96 Å². The van der Waals surface area contributed by atoms with Crippen LogP contribution in [0.3, 0.4) is 0 Å². The van der Waals surface area contributed by atoms with Crippen molar-refractivity contribution in [3.05, 3.63) is 24.2 Å². The first-order valence-electron chi connectivity index (χ1n) is 9.39. The largest absolute Gasteiger partial charge is 0.468 e. The van der Waals surface area contributed by atoms with Gasteiger partial charge in [-0.25, -0.2) is 0 Å². The first kappa shape index (κ1) is 18.2. The summed E-state index contributed by atoms with van der Waals surface area (Å²) in [6.45, 7) is 8.68. The van der Waals surface area contributed by atoms with Gasteiger partial charge in [-0.2, -0.15) is 0 Å². The molecule has 2 saturated heterocycles. The SMILES string of the molecule is CN=C(NCCN1CCOCC1)NCC(c1ccco1)N1CCCC1. The van der Waals surface area contributed by atoms with Crippen molar-refractivity contribution in [1.29, 1.82) is 0 Å². The van der Waals surface area contributed by atoms with E-state index in [9.17, 15) is 0 Å². The molecule has 0 saturated carbocycles. The molecule has 1 aromatic heterocycles. The molecule has 0 amide bonds. The summed E-state index contributed by atoms with van der Waals surface area (Å²) < 4.78 is 11.1. The van der Waals surface area contributed by atoms with Crippen LogP contribution in [0.4, 0.5) is 0 Å². The van der Waals surface area contributed by atoms with E-state index in [0.29, 0.717) is 0 Å². The molecule has 0 aliphatic carbocycles. The van der Waals surface area contributed by atoms with Gasteiger partial charge in [-0.1, -0.05) is 0 Å². The Morgan fingerprint density at radius 1 is 1.20 bits per heavy atom. The summed E-state index contributed by atoms with van der Waals surface area (Å²) in [7, 11) is 1.82. The maximum absolute atomic E-state index is 5.67. The molecule has 2 N–H and O–H groups in total. The van der Waals surface area contributed by atoms with Crippen LogP contribution in [-0.4, -0.2) is 81.8 Å². The van der Waals surface area contributed by atoms with Gasteiger partial charge >= 0.3 is 0 Å². The predicted molar refractivity (Wildman–Crippen MR) is 98.9 cm³/mol. The van der Waals surface area contributed by atoms with Crippen LogP contribution in [-0.2, 0) is 4.74 Å². The second-order valence-electron chi connectivity index (χ2n) is 6.61. The summed E-state index contributed by atoms with van der Waals surface area (Å²) in [4.78, 5) is 9.26. The van der Waals surface area contributed by atoms with Gasteiger partial charge in [0.2, 0.25) is 0 Å². The third kappa shape index (κ3) is 5.45. The molecule has 2 fully saturated rings. The molecular weight excluding hydrogens is 318 g/mol. The summed E-state index contributed by atoms with van der Waals surface area (Å²) in [6, 6.07) is 4.29. The highest BCUT2D eigenvalue weighted by Crippen LogP contribution is 2.24. The van der Waals surface area contributed by atoms with Crippen molar-refractivity contribution in [3.63, 3.8) is 0 Å². The van der Waals surface area contributed by atoms with E-state index < -0.39 is 0 Å². The molecule has 2 aliphatic heterocycles. The highest BCUT2D eigenvalue weighted by atomic mass is 16.5. The number of furan rings is 1. The lowest BCUT2D eigenvalue weighted by molar-refractivity contribution is 0.0389. The second kappa shape index (κ2) is 9.79. The molecule has 0 bridgehead atoms. The van der Waals surface area contributed by atoms with Crippen LogP contribution in [0, 0.1) is 0 Å². The molecule has 140 valence electrons. The Balaban J connectivity index is 1.45. The van der Waals surface area contributed by atoms with E-state index in [0.717, 1.165) is 70.7 Å². The average molecular weight is 349 g/mol. The molecule has 0 radical (unpaired) electrons.